The Morgan fingerprint density at radius 2 is 1.68 bits per heavy atom. The molecule has 2 unspecified atom stereocenters. The van der Waals surface area contributed by atoms with Crippen LogP contribution in [0, 0.1) is 17.8 Å². The Labute approximate surface area is 226 Å². The number of nitrogens with one attached hydrogen (secondary N) is 2. The second-order valence-electron chi connectivity index (χ2n) is 10.8. The SMILES string of the molecule is CC(C)[C@H](CO)N1C(=O)[C@@H]2[C@@H](C(=O)Nc3ccccc3)[C@@]3(C)CCC2(S3)C1C(=O)Nc1ccc(Cl)cc1. The highest BCUT2D eigenvalue weighted by molar-refractivity contribution is 8.02. The number of carbonyl (C=O) groups excluding carboxylic acids is 3. The zero-order valence-electron chi connectivity index (χ0n) is 21.1. The van der Waals surface area contributed by atoms with Crippen molar-refractivity contribution in [1.82, 2.24) is 4.90 Å². The number of carbonyl (C=O) groups is 3. The minimum Gasteiger partial charge on any atom is -0.394 e. The summed E-state index contributed by atoms with van der Waals surface area (Å²) in [5.74, 6) is -2.07. The molecular formula is C28H32ClN3O4S. The van der Waals surface area contributed by atoms with Gasteiger partial charge in [0.2, 0.25) is 17.7 Å². The van der Waals surface area contributed by atoms with E-state index in [1.165, 1.54) is 0 Å². The van der Waals surface area contributed by atoms with E-state index in [2.05, 4.69) is 10.6 Å². The number of aliphatic hydroxyl groups excluding tert-OH is 1. The van der Waals surface area contributed by atoms with Crippen LogP contribution < -0.4 is 10.6 Å². The number of benzene rings is 2. The number of hydrogen-bond acceptors (Lipinski definition) is 5. The Bertz CT molecular complexity index is 1210. The van der Waals surface area contributed by atoms with E-state index in [1.807, 2.05) is 51.1 Å². The normalized spacial score (nSPS) is 30.9. The molecule has 2 aromatic rings. The highest BCUT2D eigenvalue weighted by atomic mass is 35.5. The first-order valence-electron chi connectivity index (χ1n) is 12.7. The number of amides is 3. The maximum absolute atomic E-state index is 14.2. The lowest BCUT2D eigenvalue weighted by Gasteiger charge is -2.38. The molecule has 196 valence electrons. The lowest BCUT2D eigenvalue weighted by atomic mass is 9.66. The number of nitrogens with zero attached hydrogens (tertiary/aromatic N) is 1. The van der Waals surface area contributed by atoms with Crippen molar-refractivity contribution in [2.24, 2.45) is 17.8 Å². The fraction of sp³-hybridized carbons (Fsp3) is 0.464. The van der Waals surface area contributed by atoms with Gasteiger partial charge in [0.1, 0.15) is 6.04 Å². The molecular weight excluding hydrogens is 510 g/mol. The molecule has 3 saturated heterocycles. The summed E-state index contributed by atoms with van der Waals surface area (Å²) in [5, 5.41) is 16.9. The molecule has 3 amide bonds. The van der Waals surface area contributed by atoms with Gasteiger partial charge in [0, 0.05) is 21.1 Å². The fourth-order valence-corrected chi connectivity index (χ4v) is 9.00. The van der Waals surface area contributed by atoms with Gasteiger partial charge < -0.3 is 20.6 Å². The number of fused-ring (bicyclic) bond motifs is 1. The number of anilines is 2. The van der Waals surface area contributed by atoms with Crippen LogP contribution in [0.25, 0.3) is 0 Å². The van der Waals surface area contributed by atoms with Gasteiger partial charge >= 0.3 is 0 Å². The lowest BCUT2D eigenvalue weighted by molar-refractivity contribution is -0.142. The molecule has 6 atom stereocenters. The number of thioether (sulfide) groups is 1. The maximum Gasteiger partial charge on any atom is 0.248 e. The average Bonchev–Trinajstić information content (AvgIpc) is 3.42. The fourth-order valence-electron chi connectivity index (χ4n) is 6.53. The number of aliphatic hydroxyl groups is 1. The first kappa shape index (κ1) is 26.1. The van der Waals surface area contributed by atoms with Gasteiger partial charge in [-0.05, 0) is 62.1 Å². The van der Waals surface area contributed by atoms with E-state index in [0.717, 1.165) is 6.42 Å². The molecule has 37 heavy (non-hydrogen) atoms. The van der Waals surface area contributed by atoms with E-state index in [4.69, 9.17) is 11.6 Å². The molecule has 0 saturated carbocycles. The number of para-hydroxylation sites is 1. The highest BCUT2D eigenvalue weighted by Gasteiger charge is 2.77. The molecule has 3 heterocycles. The first-order valence-corrected chi connectivity index (χ1v) is 13.9. The molecule has 3 N–H and O–H groups in total. The molecule has 0 aromatic heterocycles. The van der Waals surface area contributed by atoms with E-state index >= 15 is 0 Å². The van der Waals surface area contributed by atoms with E-state index in [-0.39, 0.29) is 30.2 Å². The van der Waals surface area contributed by atoms with Crippen molar-refractivity contribution >= 4 is 52.5 Å². The van der Waals surface area contributed by atoms with Crippen molar-refractivity contribution in [3.05, 3.63) is 59.6 Å². The van der Waals surface area contributed by atoms with Crippen LogP contribution in [0.2, 0.25) is 5.02 Å². The van der Waals surface area contributed by atoms with Gasteiger partial charge in [-0.1, -0.05) is 43.6 Å². The molecule has 9 heteroatoms. The summed E-state index contributed by atoms with van der Waals surface area (Å²) >= 11 is 7.63. The monoisotopic (exact) mass is 541 g/mol. The summed E-state index contributed by atoms with van der Waals surface area (Å²) in [6, 6.07) is 14.7. The average molecular weight is 542 g/mol. The molecule has 7 nitrogen and oxygen atoms in total. The first-order chi connectivity index (χ1) is 17.6. The van der Waals surface area contributed by atoms with Gasteiger partial charge in [0.15, 0.2) is 0 Å². The van der Waals surface area contributed by atoms with E-state index in [1.54, 1.807) is 40.9 Å². The largest absolute Gasteiger partial charge is 0.394 e. The number of hydrogen-bond donors (Lipinski definition) is 3. The van der Waals surface area contributed by atoms with Crippen LogP contribution in [0.5, 0.6) is 0 Å². The van der Waals surface area contributed by atoms with Gasteiger partial charge in [-0.25, -0.2) is 0 Å². The van der Waals surface area contributed by atoms with Crippen molar-refractivity contribution in [2.45, 2.75) is 55.2 Å². The number of rotatable bonds is 7. The standard InChI is InChI=1S/C28H32ClN3O4S/c1-16(2)20(15-33)32-23(25(35)31-19-11-9-17(29)10-12-19)28-14-13-27(3,37-28)21(22(28)26(32)36)24(34)30-18-7-5-4-6-8-18/h4-12,16,20-23,33H,13-15H2,1-3H3,(H,30,34)(H,31,35)/t20-,21-,22-,23?,27+,28?/m0/s1. The summed E-state index contributed by atoms with van der Waals surface area (Å²) in [6.07, 6.45) is 1.36. The second-order valence-corrected chi connectivity index (χ2v) is 13.2. The van der Waals surface area contributed by atoms with E-state index in [9.17, 15) is 19.5 Å². The van der Waals surface area contributed by atoms with E-state index in [0.29, 0.717) is 22.8 Å². The molecule has 3 aliphatic rings. The van der Waals surface area contributed by atoms with Crippen molar-refractivity contribution < 1.29 is 19.5 Å². The highest BCUT2D eigenvalue weighted by Crippen LogP contribution is 2.71. The third-order valence-corrected chi connectivity index (χ3v) is 10.5. The quantitative estimate of drug-likeness (QED) is 0.482. The van der Waals surface area contributed by atoms with Crippen LogP contribution in [0.3, 0.4) is 0 Å². The van der Waals surface area contributed by atoms with E-state index < -0.39 is 33.4 Å². The Hall–Kier alpha value is -2.55. The zero-order chi connectivity index (χ0) is 26.5. The second kappa shape index (κ2) is 9.64. The molecule has 3 fully saturated rings. The minimum atomic E-state index is -0.818. The maximum atomic E-state index is 14.2. The molecule has 2 bridgehead atoms. The minimum absolute atomic E-state index is 0.0793. The Kier molecular flexibility index (Phi) is 6.79. The van der Waals surface area contributed by atoms with Crippen LogP contribution in [0.15, 0.2) is 54.6 Å². The molecule has 5 rings (SSSR count). The van der Waals surface area contributed by atoms with Gasteiger partial charge in [-0.15, -0.1) is 11.8 Å². The summed E-state index contributed by atoms with van der Waals surface area (Å²) < 4.78 is -1.24. The van der Waals surface area contributed by atoms with Crippen LogP contribution in [0.4, 0.5) is 11.4 Å². The van der Waals surface area contributed by atoms with Crippen molar-refractivity contribution in [3.8, 4) is 0 Å². The van der Waals surface area contributed by atoms with Gasteiger partial charge in [-0.2, -0.15) is 0 Å². The predicted molar refractivity (Wildman–Crippen MR) is 146 cm³/mol. The summed E-state index contributed by atoms with van der Waals surface area (Å²) in [6.45, 7) is 5.64. The summed E-state index contributed by atoms with van der Waals surface area (Å²) in [4.78, 5) is 43.5. The van der Waals surface area contributed by atoms with Crippen LogP contribution >= 0.6 is 23.4 Å². The van der Waals surface area contributed by atoms with Crippen LogP contribution in [0.1, 0.15) is 33.6 Å². The number of halogens is 1. The van der Waals surface area contributed by atoms with Crippen molar-refractivity contribution in [1.29, 1.82) is 0 Å². The predicted octanol–water partition coefficient (Wildman–Crippen LogP) is 4.42. The van der Waals surface area contributed by atoms with Gasteiger partial charge in [0.25, 0.3) is 0 Å². The van der Waals surface area contributed by atoms with Crippen LogP contribution in [-0.2, 0) is 14.4 Å². The van der Waals surface area contributed by atoms with Crippen LogP contribution in [-0.4, -0.2) is 55.9 Å². The van der Waals surface area contributed by atoms with Gasteiger partial charge in [-0.3, -0.25) is 14.4 Å². The zero-order valence-corrected chi connectivity index (χ0v) is 22.7. The molecule has 0 radical (unpaired) electrons. The summed E-state index contributed by atoms with van der Waals surface area (Å²) in [7, 11) is 0. The third-order valence-electron chi connectivity index (χ3n) is 8.21. The van der Waals surface area contributed by atoms with Crippen molar-refractivity contribution in [2.75, 3.05) is 17.2 Å². The molecule has 3 aliphatic heterocycles. The lowest BCUT2D eigenvalue weighted by Crippen LogP contribution is -2.56. The third kappa shape index (κ3) is 4.23. The molecule has 0 aliphatic carbocycles. The molecule has 2 aromatic carbocycles. The molecule has 1 spiro atoms. The van der Waals surface area contributed by atoms with Gasteiger partial charge in [0.05, 0.1) is 29.2 Å². The Morgan fingerprint density at radius 3 is 2.30 bits per heavy atom. The smallest absolute Gasteiger partial charge is 0.248 e. The Balaban J connectivity index is 1.54. The Morgan fingerprint density at radius 1 is 1.05 bits per heavy atom. The topological polar surface area (TPSA) is 98.7 Å². The summed E-state index contributed by atoms with van der Waals surface area (Å²) in [5.41, 5.74) is 1.25. The van der Waals surface area contributed by atoms with Crippen molar-refractivity contribution in [3.63, 3.8) is 0 Å². The number of likely N-dealkylation sites (tertiary alicyclic amines) is 1.